The molecule has 0 unspecified atom stereocenters. The van der Waals surface area contributed by atoms with Gasteiger partial charge in [-0.1, -0.05) is 0 Å². The van der Waals surface area contributed by atoms with Crippen molar-refractivity contribution in [2.45, 2.75) is 0 Å². The molecule has 14 heavy (non-hydrogen) atoms. The fourth-order valence-electron chi connectivity index (χ4n) is 0.736. The van der Waals surface area contributed by atoms with Gasteiger partial charge in [-0.05, 0) is 28.7 Å². The summed E-state index contributed by atoms with van der Waals surface area (Å²) >= 11 is 2.15. The molecule has 0 aliphatic heterocycles. The van der Waals surface area contributed by atoms with E-state index >= 15 is 0 Å². The first-order valence-corrected chi connectivity index (χ1v) is 4.93. The van der Waals surface area contributed by atoms with E-state index in [1.54, 1.807) is 12.3 Å². The van der Waals surface area contributed by atoms with Gasteiger partial charge in [0.05, 0.1) is 0 Å². The summed E-state index contributed by atoms with van der Waals surface area (Å²) in [7, 11) is 0. The highest BCUT2D eigenvalue weighted by molar-refractivity contribution is 14.1. The predicted octanol–water partition coefficient (Wildman–Crippen LogP) is 1.16. The molecule has 0 atom stereocenters. The molecule has 76 valence electrons. The number of primary amides is 1. The second kappa shape index (κ2) is 5.63. The van der Waals surface area contributed by atoms with Gasteiger partial charge in [-0.2, -0.15) is 0 Å². The van der Waals surface area contributed by atoms with E-state index in [1.165, 1.54) is 0 Å². The normalized spacial score (nSPS) is 9.50. The Balaban J connectivity index is 2.25. The highest BCUT2D eigenvalue weighted by atomic mass is 127. The monoisotopic (exact) mass is 308 g/mol. The summed E-state index contributed by atoms with van der Waals surface area (Å²) in [6.07, 6.45) is 0.884. The largest absolute Gasteiger partial charge is 0.474 e. The molecule has 1 amide bonds. The zero-order chi connectivity index (χ0) is 10.4. The number of nitrogens with two attached hydrogens (primary N) is 1. The Morgan fingerprint density at radius 2 is 2.29 bits per heavy atom. The van der Waals surface area contributed by atoms with E-state index < -0.39 is 6.09 Å². The molecule has 5 nitrogen and oxygen atoms in total. The van der Waals surface area contributed by atoms with Crippen LogP contribution in [0.5, 0.6) is 5.88 Å². The molecule has 6 heteroatoms. The molecule has 0 saturated carbocycles. The van der Waals surface area contributed by atoms with Crippen LogP contribution in [0.2, 0.25) is 0 Å². The maximum atomic E-state index is 10.2. The van der Waals surface area contributed by atoms with Crippen molar-refractivity contribution in [2.75, 3.05) is 13.2 Å². The standard InChI is InChI=1S/C8H9IN2O3/c9-6-1-2-7(11-5-6)13-3-4-14-8(10)12/h1-2,5H,3-4H2,(H2,10,12). The average Bonchev–Trinajstić information content (AvgIpc) is 2.15. The number of hydrogen-bond acceptors (Lipinski definition) is 4. The Morgan fingerprint density at radius 1 is 1.50 bits per heavy atom. The van der Waals surface area contributed by atoms with Crippen LogP contribution < -0.4 is 10.5 Å². The number of halogens is 1. The van der Waals surface area contributed by atoms with Crippen molar-refractivity contribution >= 4 is 28.7 Å². The van der Waals surface area contributed by atoms with Gasteiger partial charge in [-0.15, -0.1) is 0 Å². The van der Waals surface area contributed by atoms with E-state index in [9.17, 15) is 4.79 Å². The lowest BCUT2D eigenvalue weighted by Crippen LogP contribution is -2.17. The van der Waals surface area contributed by atoms with Crippen LogP contribution in [0.1, 0.15) is 0 Å². The summed E-state index contributed by atoms with van der Waals surface area (Å²) in [5.41, 5.74) is 4.76. The minimum atomic E-state index is -0.802. The second-order valence-corrected chi connectivity index (χ2v) is 3.58. The Hall–Kier alpha value is -1.05. The quantitative estimate of drug-likeness (QED) is 0.669. The third kappa shape index (κ3) is 4.26. The molecule has 0 spiro atoms. The van der Waals surface area contributed by atoms with E-state index in [1.807, 2.05) is 6.07 Å². The molecule has 1 heterocycles. The van der Waals surface area contributed by atoms with E-state index in [-0.39, 0.29) is 13.2 Å². The Morgan fingerprint density at radius 3 is 2.86 bits per heavy atom. The van der Waals surface area contributed by atoms with Crippen LogP contribution in [0.3, 0.4) is 0 Å². The van der Waals surface area contributed by atoms with E-state index in [4.69, 9.17) is 10.5 Å². The molecule has 0 fully saturated rings. The van der Waals surface area contributed by atoms with Crippen LogP contribution in [0, 0.1) is 3.57 Å². The maximum absolute atomic E-state index is 10.2. The van der Waals surface area contributed by atoms with Crippen molar-refractivity contribution in [1.29, 1.82) is 0 Å². The summed E-state index contributed by atoms with van der Waals surface area (Å²) < 4.78 is 10.7. The highest BCUT2D eigenvalue weighted by Crippen LogP contribution is 2.08. The molecule has 1 rings (SSSR count). The first kappa shape index (κ1) is 11.0. The number of rotatable bonds is 4. The van der Waals surface area contributed by atoms with Gasteiger partial charge in [0.15, 0.2) is 0 Å². The van der Waals surface area contributed by atoms with Gasteiger partial charge >= 0.3 is 6.09 Å². The molecule has 1 aromatic heterocycles. The lowest BCUT2D eigenvalue weighted by Gasteiger charge is -2.04. The van der Waals surface area contributed by atoms with Crippen LogP contribution in [0.25, 0.3) is 0 Å². The summed E-state index contributed by atoms with van der Waals surface area (Å²) in [5.74, 6) is 0.499. The van der Waals surface area contributed by atoms with Gasteiger partial charge in [-0.25, -0.2) is 9.78 Å². The SMILES string of the molecule is NC(=O)OCCOc1ccc(I)cn1. The van der Waals surface area contributed by atoms with Crippen molar-refractivity contribution in [3.63, 3.8) is 0 Å². The highest BCUT2D eigenvalue weighted by Gasteiger charge is 1.96. The molecule has 0 saturated heterocycles. The van der Waals surface area contributed by atoms with Crippen molar-refractivity contribution in [3.8, 4) is 5.88 Å². The number of pyridine rings is 1. The van der Waals surface area contributed by atoms with Crippen molar-refractivity contribution in [1.82, 2.24) is 4.98 Å². The predicted molar refractivity (Wildman–Crippen MR) is 58.0 cm³/mol. The fourth-order valence-corrected chi connectivity index (χ4v) is 1.06. The Labute approximate surface area is 94.7 Å². The van der Waals surface area contributed by atoms with Crippen molar-refractivity contribution < 1.29 is 14.3 Å². The van der Waals surface area contributed by atoms with Crippen molar-refractivity contribution in [3.05, 3.63) is 21.9 Å². The van der Waals surface area contributed by atoms with Gasteiger partial charge in [0.25, 0.3) is 0 Å². The van der Waals surface area contributed by atoms with Crippen LogP contribution >= 0.6 is 22.6 Å². The lowest BCUT2D eigenvalue weighted by atomic mass is 10.5. The van der Waals surface area contributed by atoms with Gasteiger partial charge in [0.2, 0.25) is 5.88 Å². The molecule has 0 aliphatic carbocycles. The molecule has 0 aromatic carbocycles. The fraction of sp³-hybridized carbons (Fsp3) is 0.250. The molecule has 0 radical (unpaired) electrons. The van der Waals surface area contributed by atoms with Gasteiger partial charge in [0, 0.05) is 15.8 Å². The molecular formula is C8H9IN2O3. The minimum Gasteiger partial charge on any atom is -0.474 e. The van der Waals surface area contributed by atoms with Gasteiger partial charge in [-0.3, -0.25) is 0 Å². The molecular weight excluding hydrogens is 299 g/mol. The number of ether oxygens (including phenoxy) is 2. The Bertz CT molecular complexity index is 302. The average molecular weight is 308 g/mol. The number of amides is 1. The number of hydrogen-bond donors (Lipinski definition) is 1. The molecule has 0 aliphatic rings. The lowest BCUT2D eigenvalue weighted by molar-refractivity contribution is 0.132. The molecule has 1 aromatic rings. The smallest absolute Gasteiger partial charge is 0.404 e. The first-order chi connectivity index (χ1) is 6.68. The van der Waals surface area contributed by atoms with Crippen LogP contribution in [0.15, 0.2) is 18.3 Å². The number of carbonyl (C=O) groups is 1. The Kier molecular flexibility index (Phi) is 4.44. The summed E-state index contributed by atoms with van der Waals surface area (Å²) in [6, 6.07) is 3.61. The topological polar surface area (TPSA) is 74.4 Å². The zero-order valence-electron chi connectivity index (χ0n) is 7.27. The molecule has 0 bridgehead atoms. The third-order valence-corrected chi connectivity index (χ3v) is 1.92. The third-order valence-electron chi connectivity index (χ3n) is 1.28. The summed E-state index contributed by atoms with van der Waals surface area (Å²) in [5, 5.41) is 0. The number of aromatic nitrogens is 1. The van der Waals surface area contributed by atoms with E-state index in [2.05, 4.69) is 32.3 Å². The number of nitrogens with zero attached hydrogens (tertiary/aromatic N) is 1. The first-order valence-electron chi connectivity index (χ1n) is 3.85. The van der Waals surface area contributed by atoms with Crippen LogP contribution in [-0.2, 0) is 4.74 Å². The summed E-state index contributed by atoms with van der Waals surface area (Å²) in [6.45, 7) is 0.375. The van der Waals surface area contributed by atoms with Crippen molar-refractivity contribution in [2.24, 2.45) is 5.73 Å². The van der Waals surface area contributed by atoms with Gasteiger partial charge in [0.1, 0.15) is 13.2 Å². The maximum Gasteiger partial charge on any atom is 0.404 e. The zero-order valence-corrected chi connectivity index (χ0v) is 9.43. The second-order valence-electron chi connectivity index (χ2n) is 2.33. The minimum absolute atomic E-state index is 0.128. The molecule has 2 N–H and O–H groups in total. The van der Waals surface area contributed by atoms with E-state index in [0.29, 0.717) is 5.88 Å². The summed E-state index contributed by atoms with van der Waals surface area (Å²) in [4.78, 5) is 14.2. The van der Waals surface area contributed by atoms with Crippen LogP contribution in [0.4, 0.5) is 4.79 Å². The number of carbonyl (C=O) groups excluding carboxylic acids is 1. The van der Waals surface area contributed by atoms with Crippen LogP contribution in [-0.4, -0.2) is 24.3 Å². The van der Waals surface area contributed by atoms with E-state index in [0.717, 1.165) is 3.57 Å². The van der Waals surface area contributed by atoms with Gasteiger partial charge < -0.3 is 15.2 Å².